The third-order valence-corrected chi connectivity index (χ3v) is 3.98. The van der Waals surface area contributed by atoms with Crippen LogP contribution in [0.15, 0.2) is 24.3 Å². The molecule has 1 fully saturated rings. The zero-order valence-corrected chi connectivity index (χ0v) is 13.8. The molecular weight excluding hydrogens is 311 g/mol. The molecule has 0 bridgehead atoms. The minimum Gasteiger partial charge on any atom is -0.484 e. The number of rotatable bonds is 4. The number of hydrogen-bond donors (Lipinski definition) is 2. The molecule has 1 heterocycles. The Hall–Kier alpha value is -0.970. The number of amides is 1. The predicted octanol–water partition coefficient (Wildman–Crippen LogP) is 2.64. The van der Waals surface area contributed by atoms with E-state index >= 15 is 0 Å². The molecule has 1 aromatic carbocycles. The molecule has 1 amide bonds. The smallest absolute Gasteiger partial charge is 0.258 e. The van der Waals surface area contributed by atoms with E-state index in [1.165, 1.54) is 0 Å². The number of nitrogens with one attached hydrogen (secondary N) is 2. The standard InChI is InChI=1S/C15H21ClN2O2.ClH/c1-10-7-8-17-11(2)15(10)18-14(19)9-20-13-5-3-12(16)4-6-13;/h3-6,10-11,15,17H,7-9H2,1-2H3,(H,18,19);1H. The van der Waals surface area contributed by atoms with Crippen LogP contribution in [0.3, 0.4) is 0 Å². The van der Waals surface area contributed by atoms with Crippen LogP contribution >= 0.6 is 24.0 Å². The van der Waals surface area contributed by atoms with Crippen molar-refractivity contribution in [1.82, 2.24) is 10.6 Å². The van der Waals surface area contributed by atoms with Crippen LogP contribution in [-0.4, -0.2) is 31.1 Å². The second-order valence-electron chi connectivity index (χ2n) is 5.34. The number of hydrogen-bond acceptors (Lipinski definition) is 3. The summed E-state index contributed by atoms with van der Waals surface area (Å²) in [4.78, 5) is 12.0. The first-order valence-corrected chi connectivity index (χ1v) is 7.35. The van der Waals surface area contributed by atoms with Crippen molar-refractivity contribution in [3.8, 4) is 5.75 Å². The maximum Gasteiger partial charge on any atom is 0.258 e. The third-order valence-electron chi connectivity index (χ3n) is 3.73. The normalized spacial score (nSPS) is 24.8. The van der Waals surface area contributed by atoms with Crippen molar-refractivity contribution in [3.05, 3.63) is 29.3 Å². The molecule has 118 valence electrons. The molecule has 1 aliphatic heterocycles. The Morgan fingerprint density at radius 3 is 2.67 bits per heavy atom. The van der Waals surface area contributed by atoms with Crippen molar-refractivity contribution in [3.63, 3.8) is 0 Å². The summed E-state index contributed by atoms with van der Waals surface area (Å²) >= 11 is 5.79. The second kappa shape index (κ2) is 8.47. The van der Waals surface area contributed by atoms with Gasteiger partial charge >= 0.3 is 0 Å². The quantitative estimate of drug-likeness (QED) is 0.891. The van der Waals surface area contributed by atoms with E-state index in [4.69, 9.17) is 16.3 Å². The van der Waals surface area contributed by atoms with E-state index in [1.807, 2.05) is 0 Å². The Balaban J connectivity index is 0.00000220. The van der Waals surface area contributed by atoms with E-state index in [9.17, 15) is 4.79 Å². The van der Waals surface area contributed by atoms with Crippen LogP contribution in [0.4, 0.5) is 0 Å². The van der Waals surface area contributed by atoms with Crippen molar-refractivity contribution in [1.29, 1.82) is 0 Å². The summed E-state index contributed by atoms with van der Waals surface area (Å²) in [6, 6.07) is 7.43. The topological polar surface area (TPSA) is 50.4 Å². The molecule has 3 atom stereocenters. The molecule has 0 radical (unpaired) electrons. The Bertz CT molecular complexity index is 443. The van der Waals surface area contributed by atoms with Crippen LogP contribution in [0.1, 0.15) is 20.3 Å². The molecule has 1 saturated heterocycles. The van der Waals surface area contributed by atoms with Crippen LogP contribution < -0.4 is 15.4 Å². The van der Waals surface area contributed by atoms with Crippen LogP contribution in [0.5, 0.6) is 5.75 Å². The van der Waals surface area contributed by atoms with Crippen molar-refractivity contribution < 1.29 is 9.53 Å². The summed E-state index contributed by atoms with van der Waals surface area (Å²) in [7, 11) is 0. The Morgan fingerprint density at radius 1 is 1.38 bits per heavy atom. The van der Waals surface area contributed by atoms with Gasteiger partial charge in [-0.1, -0.05) is 18.5 Å². The fourth-order valence-electron chi connectivity index (χ4n) is 2.51. The SMILES string of the molecule is CC1CCNC(C)C1NC(=O)COc1ccc(Cl)cc1.Cl. The van der Waals surface area contributed by atoms with Gasteiger partial charge in [0.05, 0.1) is 0 Å². The molecule has 21 heavy (non-hydrogen) atoms. The lowest BCUT2D eigenvalue weighted by Crippen LogP contribution is -2.56. The molecule has 0 saturated carbocycles. The van der Waals surface area contributed by atoms with Gasteiger partial charge in [0.15, 0.2) is 6.61 Å². The van der Waals surface area contributed by atoms with E-state index < -0.39 is 0 Å². The average molecular weight is 333 g/mol. The molecule has 0 spiro atoms. The van der Waals surface area contributed by atoms with Gasteiger partial charge in [0.25, 0.3) is 5.91 Å². The number of benzene rings is 1. The zero-order chi connectivity index (χ0) is 14.5. The molecule has 0 aromatic heterocycles. The summed E-state index contributed by atoms with van der Waals surface area (Å²) in [6.45, 7) is 5.30. The fourth-order valence-corrected chi connectivity index (χ4v) is 2.64. The van der Waals surface area contributed by atoms with Crippen LogP contribution in [0.25, 0.3) is 0 Å². The van der Waals surface area contributed by atoms with Gasteiger partial charge in [-0.05, 0) is 50.1 Å². The summed E-state index contributed by atoms with van der Waals surface area (Å²) in [5.74, 6) is 1.03. The second-order valence-corrected chi connectivity index (χ2v) is 5.78. The monoisotopic (exact) mass is 332 g/mol. The van der Waals surface area contributed by atoms with Gasteiger partial charge < -0.3 is 15.4 Å². The first-order chi connectivity index (χ1) is 9.56. The van der Waals surface area contributed by atoms with Gasteiger partial charge in [0, 0.05) is 17.1 Å². The van der Waals surface area contributed by atoms with Crippen molar-refractivity contribution in [2.24, 2.45) is 5.92 Å². The maximum atomic E-state index is 12.0. The van der Waals surface area contributed by atoms with E-state index in [0.29, 0.717) is 22.7 Å². The number of carbonyl (C=O) groups excluding carboxylic acids is 1. The predicted molar refractivity (Wildman–Crippen MR) is 87.4 cm³/mol. The summed E-state index contributed by atoms with van der Waals surface area (Å²) in [5.41, 5.74) is 0. The molecule has 3 unspecified atom stereocenters. The van der Waals surface area contributed by atoms with Gasteiger partial charge in [-0.2, -0.15) is 0 Å². The summed E-state index contributed by atoms with van der Waals surface area (Å²) < 4.78 is 5.44. The van der Waals surface area contributed by atoms with Crippen molar-refractivity contribution >= 4 is 29.9 Å². The highest BCUT2D eigenvalue weighted by Gasteiger charge is 2.28. The molecular formula is C15H22Cl2N2O2. The highest BCUT2D eigenvalue weighted by atomic mass is 35.5. The molecule has 2 rings (SSSR count). The third kappa shape index (κ3) is 5.38. The lowest BCUT2D eigenvalue weighted by molar-refractivity contribution is -0.124. The molecule has 1 aromatic rings. The number of ether oxygens (including phenoxy) is 1. The number of halogens is 2. The largest absolute Gasteiger partial charge is 0.484 e. The average Bonchev–Trinajstić information content (AvgIpc) is 2.42. The molecule has 2 N–H and O–H groups in total. The van der Waals surface area contributed by atoms with Gasteiger partial charge in [-0.15, -0.1) is 12.4 Å². The van der Waals surface area contributed by atoms with Gasteiger partial charge in [0.2, 0.25) is 0 Å². The highest BCUT2D eigenvalue weighted by Crippen LogP contribution is 2.17. The van der Waals surface area contributed by atoms with Gasteiger partial charge in [0.1, 0.15) is 5.75 Å². The van der Waals surface area contributed by atoms with E-state index in [1.54, 1.807) is 24.3 Å². The van der Waals surface area contributed by atoms with Crippen LogP contribution in [0.2, 0.25) is 5.02 Å². The molecule has 1 aliphatic rings. The van der Waals surface area contributed by atoms with Crippen molar-refractivity contribution in [2.75, 3.05) is 13.2 Å². The first-order valence-electron chi connectivity index (χ1n) is 6.97. The van der Waals surface area contributed by atoms with Gasteiger partial charge in [-0.3, -0.25) is 4.79 Å². The first kappa shape index (κ1) is 18.1. The van der Waals surface area contributed by atoms with Gasteiger partial charge in [-0.25, -0.2) is 0 Å². The lowest BCUT2D eigenvalue weighted by Gasteiger charge is -2.35. The van der Waals surface area contributed by atoms with E-state index in [-0.39, 0.29) is 31.0 Å². The number of carbonyl (C=O) groups is 1. The molecule has 0 aliphatic carbocycles. The number of piperidine rings is 1. The van der Waals surface area contributed by atoms with Crippen LogP contribution in [-0.2, 0) is 4.79 Å². The van der Waals surface area contributed by atoms with Crippen LogP contribution in [0, 0.1) is 5.92 Å². The molecule has 4 nitrogen and oxygen atoms in total. The summed E-state index contributed by atoms with van der Waals surface area (Å²) in [6.07, 6.45) is 1.08. The Kier molecular flexibility index (Phi) is 7.29. The minimum absolute atomic E-state index is 0. The Morgan fingerprint density at radius 2 is 2.05 bits per heavy atom. The molecule has 6 heteroatoms. The van der Waals surface area contributed by atoms with E-state index in [0.717, 1.165) is 13.0 Å². The summed E-state index contributed by atoms with van der Waals surface area (Å²) in [5, 5.41) is 7.08. The fraction of sp³-hybridized carbons (Fsp3) is 0.533. The Labute approximate surface area is 137 Å². The zero-order valence-electron chi connectivity index (χ0n) is 12.3. The highest BCUT2D eigenvalue weighted by molar-refractivity contribution is 6.30. The lowest BCUT2D eigenvalue weighted by atomic mass is 9.89. The maximum absolute atomic E-state index is 12.0. The minimum atomic E-state index is -0.0904. The van der Waals surface area contributed by atoms with Crippen molar-refractivity contribution in [2.45, 2.75) is 32.4 Å². The van der Waals surface area contributed by atoms with E-state index in [2.05, 4.69) is 24.5 Å².